The molecule has 3 N–H and O–H groups in total. The predicted molar refractivity (Wildman–Crippen MR) is 80.7 cm³/mol. The Balaban J connectivity index is 1.86. The number of nitrogens with two attached hydrogens (primary N) is 1. The molecule has 2 atom stereocenters. The fraction of sp³-hybridized carbons (Fsp3) is 0.375. The molecule has 2 aromatic rings. The molecule has 0 aliphatic carbocycles. The van der Waals surface area contributed by atoms with E-state index in [1.165, 1.54) is 0 Å². The van der Waals surface area contributed by atoms with E-state index in [-0.39, 0.29) is 6.10 Å². The zero-order chi connectivity index (χ0) is 14.7. The Morgan fingerprint density at radius 1 is 1.43 bits per heavy atom. The average Bonchev–Trinajstić information content (AvgIpc) is 3.01. The van der Waals surface area contributed by atoms with Crippen molar-refractivity contribution in [2.75, 3.05) is 13.2 Å². The van der Waals surface area contributed by atoms with E-state index in [1.54, 1.807) is 6.20 Å². The van der Waals surface area contributed by atoms with Crippen LogP contribution in [0.25, 0.3) is 10.9 Å². The van der Waals surface area contributed by atoms with Crippen LogP contribution in [0.15, 0.2) is 36.5 Å². The molecular weight excluding hydrogens is 266 g/mol. The Hall–Kier alpha value is -1.98. The van der Waals surface area contributed by atoms with Gasteiger partial charge >= 0.3 is 0 Å². The molecule has 3 rings (SSSR count). The van der Waals surface area contributed by atoms with Gasteiger partial charge in [-0.2, -0.15) is 0 Å². The summed E-state index contributed by atoms with van der Waals surface area (Å²) in [6.07, 6.45) is 3.98. The number of carbonyl (C=O) groups is 1. The third kappa shape index (κ3) is 3.04. The first kappa shape index (κ1) is 14.0. The Morgan fingerprint density at radius 2 is 2.29 bits per heavy atom. The summed E-state index contributed by atoms with van der Waals surface area (Å²) in [5.74, 6) is -0.397. The van der Waals surface area contributed by atoms with Gasteiger partial charge in [0.25, 0.3) is 0 Å². The summed E-state index contributed by atoms with van der Waals surface area (Å²) in [5, 5.41) is 4.23. The average molecular weight is 285 g/mol. The lowest BCUT2D eigenvalue weighted by molar-refractivity contribution is -0.120. The van der Waals surface area contributed by atoms with Gasteiger partial charge in [0, 0.05) is 30.3 Å². The standard InChI is InChI=1S/C16H19N3O2/c17-16(20)15(19-10-12-6-3-9-21-12)13-7-1-4-11-5-2-8-18-14(11)13/h1-2,4-5,7-8,12,15,19H,3,6,9-10H2,(H2,17,20). The summed E-state index contributed by atoms with van der Waals surface area (Å²) in [7, 11) is 0. The number of hydrogen-bond acceptors (Lipinski definition) is 4. The summed E-state index contributed by atoms with van der Waals surface area (Å²) in [6, 6.07) is 9.10. The van der Waals surface area contributed by atoms with E-state index in [4.69, 9.17) is 10.5 Å². The molecule has 2 heterocycles. The number of ether oxygens (including phenoxy) is 1. The number of rotatable bonds is 5. The molecule has 0 bridgehead atoms. The molecule has 1 saturated heterocycles. The van der Waals surface area contributed by atoms with E-state index in [1.807, 2.05) is 30.3 Å². The lowest BCUT2D eigenvalue weighted by atomic mass is 10.0. The van der Waals surface area contributed by atoms with Crippen LogP contribution in [-0.4, -0.2) is 30.1 Å². The molecule has 0 radical (unpaired) electrons. The van der Waals surface area contributed by atoms with Crippen LogP contribution in [0.2, 0.25) is 0 Å². The fourth-order valence-electron chi connectivity index (χ4n) is 2.78. The molecular formula is C16H19N3O2. The highest BCUT2D eigenvalue weighted by atomic mass is 16.5. The van der Waals surface area contributed by atoms with E-state index in [0.717, 1.165) is 35.9 Å². The van der Waals surface area contributed by atoms with Crippen molar-refractivity contribution in [2.24, 2.45) is 5.73 Å². The fourth-order valence-corrected chi connectivity index (χ4v) is 2.78. The Labute approximate surface area is 123 Å². The van der Waals surface area contributed by atoms with Crippen LogP contribution in [-0.2, 0) is 9.53 Å². The number of pyridine rings is 1. The van der Waals surface area contributed by atoms with Crippen LogP contribution >= 0.6 is 0 Å². The minimum Gasteiger partial charge on any atom is -0.377 e. The molecule has 1 aromatic heterocycles. The minimum absolute atomic E-state index is 0.162. The van der Waals surface area contributed by atoms with Crippen LogP contribution in [0.4, 0.5) is 0 Å². The Kier molecular flexibility index (Phi) is 4.13. The molecule has 2 unspecified atom stereocenters. The number of aromatic nitrogens is 1. The van der Waals surface area contributed by atoms with Gasteiger partial charge in [0.05, 0.1) is 11.6 Å². The van der Waals surface area contributed by atoms with E-state index in [2.05, 4.69) is 10.3 Å². The molecule has 1 amide bonds. The maximum Gasteiger partial charge on any atom is 0.239 e. The van der Waals surface area contributed by atoms with Crippen LogP contribution in [0.3, 0.4) is 0 Å². The summed E-state index contributed by atoms with van der Waals surface area (Å²) in [6.45, 7) is 1.42. The summed E-state index contributed by atoms with van der Waals surface area (Å²) < 4.78 is 5.58. The monoisotopic (exact) mass is 285 g/mol. The van der Waals surface area contributed by atoms with Crippen molar-refractivity contribution in [3.63, 3.8) is 0 Å². The maximum atomic E-state index is 11.8. The number of fused-ring (bicyclic) bond motifs is 1. The highest BCUT2D eigenvalue weighted by Gasteiger charge is 2.23. The second-order valence-corrected chi connectivity index (χ2v) is 5.30. The molecule has 1 aliphatic rings. The third-order valence-electron chi connectivity index (χ3n) is 3.83. The first-order valence-electron chi connectivity index (χ1n) is 7.23. The maximum absolute atomic E-state index is 11.8. The number of para-hydroxylation sites is 1. The predicted octanol–water partition coefficient (Wildman–Crippen LogP) is 1.53. The highest BCUT2D eigenvalue weighted by molar-refractivity contribution is 5.89. The van der Waals surface area contributed by atoms with Crippen molar-refractivity contribution in [2.45, 2.75) is 25.0 Å². The highest BCUT2D eigenvalue weighted by Crippen LogP contribution is 2.23. The molecule has 1 aliphatic heterocycles. The first-order valence-corrected chi connectivity index (χ1v) is 7.23. The van der Waals surface area contributed by atoms with Crippen molar-refractivity contribution in [3.05, 3.63) is 42.1 Å². The zero-order valence-electron chi connectivity index (χ0n) is 11.8. The van der Waals surface area contributed by atoms with Crippen molar-refractivity contribution >= 4 is 16.8 Å². The topological polar surface area (TPSA) is 77.2 Å². The van der Waals surface area contributed by atoms with Crippen LogP contribution < -0.4 is 11.1 Å². The number of benzene rings is 1. The third-order valence-corrected chi connectivity index (χ3v) is 3.83. The summed E-state index contributed by atoms with van der Waals surface area (Å²) >= 11 is 0. The minimum atomic E-state index is -0.548. The van der Waals surface area contributed by atoms with Crippen molar-refractivity contribution in [1.29, 1.82) is 0 Å². The second kappa shape index (κ2) is 6.20. The lowest BCUT2D eigenvalue weighted by Gasteiger charge is -2.19. The molecule has 0 saturated carbocycles. The molecule has 5 heteroatoms. The first-order chi connectivity index (χ1) is 10.3. The number of nitrogens with zero attached hydrogens (tertiary/aromatic N) is 1. The van der Waals surface area contributed by atoms with Crippen molar-refractivity contribution in [3.8, 4) is 0 Å². The van der Waals surface area contributed by atoms with Crippen LogP contribution in [0, 0.1) is 0 Å². The number of hydrogen-bond donors (Lipinski definition) is 2. The Bertz CT molecular complexity index is 633. The molecule has 21 heavy (non-hydrogen) atoms. The smallest absolute Gasteiger partial charge is 0.239 e. The molecule has 1 aromatic carbocycles. The van der Waals surface area contributed by atoms with E-state index < -0.39 is 11.9 Å². The largest absolute Gasteiger partial charge is 0.377 e. The van der Waals surface area contributed by atoms with Gasteiger partial charge in [-0.25, -0.2) is 0 Å². The van der Waals surface area contributed by atoms with Crippen LogP contribution in [0.1, 0.15) is 24.4 Å². The van der Waals surface area contributed by atoms with Crippen LogP contribution in [0.5, 0.6) is 0 Å². The van der Waals surface area contributed by atoms with E-state index in [0.29, 0.717) is 6.54 Å². The van der Waals surface area contributed by atoms with Gasteiger partial charge in [-0.05, 0) is 18.9 Å². The normalized spacial score (nSPS) is 19.7. The van der Waals surface area contributed by atoms with Gasteiger partial charge in [-0.1, -0.05) is 24.3 Å². The second-order valence-electron chi connectivity index (χ2n) is 5.30. The molecule has 1 fully saturated rings. The Morgan fingerprint density at radius 3 is 3.05 bits per heavy atom. The van der Waals surface area contributed by atoms with Crippen molar-refractivity contribution < 1.29 is 9.53 Å². The molecule has 0 spiro atoms. The van der Waals surface area contributed by atoms with Gasteiger partial charge in [-0.3, -0.25) is 15.1 Å². The molecule has 110 valence electrons. The van der Waals surface area contributed by atoms with E-state index in [9.17, 15) is 4.79 Å². The number of nitrogens with one attached hydrogen (secondary N) is 1. The quantitative estimate of drug-likeness (QED) is 0.873. The van der Waals surface area contributed by atoms with Gasteiger partial charge in [0.15, 0.2) is 0 Å². The molecule has 5 nitrogen and oxygen atoms in total. The number of carbonyl (C=O) groups excluding carboxylic acids is 1. The number of amides is 1. The zero-order valence-corrected chi connectivity index (χ0v) is 11.8. The van der Waals surface area contributed by atoms with Gasteiger partial charge in [0.1, 0.15) is 6.04 Å². The lowest BCUT2D eigenvalue weighted by Crippen LogP contribution is -2.38. The summed E-state index contributed by atoms with van der Waals surface area (Å²) in [4.78, 5) is 16.2. The number of primary amides is 1. The van der Waals surface area contributed by atoms with Crippen molar-refractivity contribution in [1.82, 2.24) is 10.3 Å². The SMILES string of the molecule is NC(=O)C(NCC1CCCO1)c1cccc2cccnc12. The van der Waals surface area contributed by atoms with Gasteiger partial charge < -0.3 is 10.5 Å². The summed E-state index contributed by atoms with van der Waals surface area (Å²) in [5.41, 5.74) is 7.20. The van der Waals surface area contributed by atoms with Gasteiger partial charge in [0.2, 0.25) is 5.91 Å². The van der Waals surface area contributed by atoms with Gasteiger partial charge in [-0.15, -0.1) is 0 Å². The van der Waals surface area contributed by atoms with E-state index >= 15 is 0 Å².